The SMILES string of the molecule is O=C1NCCN(Cc2ccccc2C(F)(F)F)C1CC(=O)N1CCCC1. The minimum atomic E-state index is -4.45. The molecular formula is C18H22F3N3O2. The first kappa shape index (κ1) is 18.7. The molecule has 2 saturated heterocycles. The fourth-order valence-electron chi connectivity index (χ4n) is 3.59. The van der Waals surface area contributed by atoms with Gasteiger partial charge in [-0.2, -0.15) is 13.2 Å². The van der Waals surface area contributed by atoms with Gasteiger partial charge < -0.3 is 10.2 Å². The lowest BCUT2D eigenvalue weighted by atomic mass is 10.0. The zero-order valence-corrected chi connectivity index (χ0v) is 14.4. The van der Waals surface area contributed by atoms with E-state index in [4.69, 9.17) is 0 Å². The highest BCUT2D eigenvalue weighted by molar-refractivity contribution is 5.89. The number of hydrogen-bond acceptors (Lipinski definition) is 3. The lowest BCUT2D eigenvalue weighted by Crippen LogP contribution is -2.56. The van der Waals surface area contributed by atoms with E-state index < -0.39 is 17.8 Å². The van der Waals surface area contributed by atoms with Crippen LogP contribution in [0.2, 0.25) is 0 Å². The first-order valence-electron chi connectivity index (χ1n) is 8.81. The molecule has 2 heterocycles. The number of nitrogens with zero attached hydrogens (tertiary/aromatic N) is 2. The third-order valence-electron chi connectivity index (χ3n) is 4.96. The van der Waals surface area contributed by atoms with Gasteiger partial charge in [0.15, 0.2) is 0 Å². The molecule has 5 nitrogen and oxygen atoms in total. The lowest BCUT2D eigenvalue weighted by molar-refractivity contribution is -0.140. The molecule has 3 rings (SSSR count). The van der Waals surface area contributed by atoms with Crippen molar-refractivity contribution in [1.29, 1.82) is 0 Å². The summed E-state index contributed by atoms with van der Waals surface area (Å²) in [5.41, 5.74) is -0.580. The Labute approximate surface area is 150 Å². The van der Waals surface area contributed by atoms with Gasteiger partial charge in [-0.1, -0.05) is 18.2 Å². The summed E-state index contributed by atoms with van der Waals surface area (Å²) in [6.07, 6.45) is -2.55. The molecule has 0 spiro atoms. The van der Waals surface area contributed by atoms with Crippen LogP contribution in [0.4, 0.5) is 13.2 Å². The Morgan fingerprint density at radius 3 is 2.54 bits per heavy atom. The van der Waals surface area contributed by atoms with E-state index in [-0.39, 0.29) is 30.3 Å². The molecule has 2 amide bonds. The number of nitrogens with one attached hydrogen (secondary N) is 1. The van der Waals surface area contributed by atoms with Crippen molar-refractivity contribution in [3.8, 4) is 0 Å². The van der Waals surface area contributed by atoms with Crippen molar-refractivity contribution in [3.05, 3.63) is 35.4 Å². The number of hydrogen-bond donors (Lipinski definition) is 1. The van der Waals surface area contributed by atoms with Crippen LogP contribution in [0.3, 0.4) is 0 Å². The summed E-state index contributed by atoms with van der Waals surface area (Å²) in [6.45, 7) is 2.13. The summed E-state index contributed by atoms with van der Waals surface area (Å²) < 4.78 is 39.7. The molecule has 8 heteroatoms. The number of alkyl halides is 3. The van der Waals surface area contributed by atoms with Crippen LogP contribution in [0, 0.1) is 0 Å². The second-order valence-electron chi connectivity index (χ2n) is 6.72. The summed E-state index contributed by atoms with van der Waals surface area (Å²) in [4.78, 5) is 28.1. The van der Waals surface area contributed by atoms with Gasteiger partial charge in [0.25, 0.3) is 0 Å². The normalized spacial score (nSPS) is 21.7. The molecule has 2 aliphatic heterocycles. The maximum atomic E-state index is 13.2. The van der Waals surface area contributed by atoms with Crippen molar-refractivity contribution >= 4 is 11.8 Å². The zero-order valence-electron chi connectivity index (χ0n) is 14.4. The lowest BCUT2D eigenvalue weighted by Gasteiger charge is -2.35. The molecule has 2 aliphatic rings. The smallest absolute Gasteiger partial charge is 0.353 e. The van der Waals surface area contributed by atoms with Crippen molar-refractivity contribution in [1.82, 2.24) is 15.1 Å². The first-order valence-corrected chi connectivity index (χ1v) is 8.81. The summed E-state index contributed by atoms with van der Waals surface area (Å²) in [5.74, 6) is -0.410. The van der Waals surface area contributed by atoms with E-state index in [0.29, 0.717) is 26.2 Å². The van der Waals surface area contributed by atoms with E-state index >= 15 is 0 Å². The van der Waals surface area contributed by atoms with Crippen LogP contribution in [-0.4, -0.2) is 53.8 Å². The Hall–Kier alpha value is -2.09. The molecule has 1 aromatic rings. The number of likely N-dealkylation sites (tertiary alicyclic amines) is 1. The third-order valence-corrected chi connectivity index (χ3v) is 4.96. The van der Waals surface area contributed by atoms with E-state index in [1.54, 1.807) is 15.9 Å². The highest BCUT2D eigenvalue weighted by atomic mass is 19.4. The molecule has 0 aromatic heterocycles. The summed E-state index contributed by atoms with van der Waals surface area (Å²) in [7, 11) is 0. The highest BCUT2D eigenvalue weighted by Crippen LogP contribution is 2.33. The second kappa shape index (κ2) is 7.65. The molecule has 0 aliphatic carbocycles. The van der Waals surface area contributed by atoms with Gasteiger partial charge in [0.05, 0.1) is 18.0 Å². The van der Waals surface area contributed by atoms with Crippen LogP contribution < -0.4 is 5.32 Å². The van der Waals surface area contributed by atoms with Crippen molar-refractivity contribution < 1.29 is 22.8 Å². The Balaban J connectivity index is 1.76. The van der Waals surface area contributed by atoms with E-state index in [1.807, 2.05) is 0 Å². The molecule has 0 bridgehead atoms. The molecule has 2 fully saturated rings. The first-order chi connectivity index (χ1) is 12.4. The van der Waals surface area contributed by atoms with Crippen LogP contribution in [0.1, 0.15) is 30.4 Å². The number of rotatable bonds is 4. The average molecular weight is 369 g/mol. The van der Waals surface area contributed by atoms with Gasteiger partial charge in [-0.3, -0.25) is 14.5 Å². The Morgan fingerprint density at radius 2 is 1.85 bits per heavy atom. The van der Waals surface area contributed by atoms with Gasteiger partial charge in [0.1, 0.15) is 0 Å². The summed E-state index contributed by atoms with van der Waals surface area (Å²) >= 11 is 0. The van der Waals surface area contributed by atoms with Crippen LogP contribution >= 0.6 is 0 Å². The predicted molar refractivity (Wildman–Crippen MR) is 89.1 cm³/mol. The number of amides is 2. The standard InChI is InChI=1S/C18H22F3N3O2/c19-18(20,21)14-6-2-1-5-13(14)12-24-10-7-22-17(26)15(24)11-16(25)23-8-3-4-9-23/h1-2,5-6,15H,3-4,7-12H2,(H,22,26). The van der Waals surface area contributed by atoms with Gasteiger partial charge in [-0.15, -0.1) is 0 Å². The number of carbonyl (C=O) groups is 2. The van der Waals surface area contributed by atoms with Crippen molar-refractivity contribution in [2.75, 3.05) is 26.2 Å². The Kier molecular flexibility index (Phi) is 5.50. The van der Waals surface area contributed by atoms with Gasteiger partial charge in [0.2, 0.25) is 11.8 Å². The second-order valence-corrected chi connectivity index (χ2v) is 6.72. The molecular weight excluding hydrogens is 347 g/mol. The minimum absolute atomic E-state index is 0.0000180. The molecule has 1 N–H and O–H groups in total. The maximum Gasteiger partial charge on any atom is 0.416 e. The van der Waals surface area contributed by atoms with Crippen molar-refractivity contribution in [3.63, 3.8) is 0 Å². The quantitative estimate of drug-likeness (QED) is 0.884. The zero-order chi connectivity index (χ0) is 18.7. The highest BCUT2D eigenvalue weighted by Gasteiger charge is 2.37. The molecule has 0 saturated carbocycles. The molecule has 26 heavy (non-hydrogen) atoms. The number of halogens is 3. The Morgan fingerprint density at radius 1 is 1.15 bits per heavy atom. The fraction of sp³-hybridized carbons (Fsp3) is 0.556. The average Bonchev–Trinajstić information content (AvgIpc) is 3.12. The molecule has 1 aromatic carbocycles. The largest absolute Gasteiger partial charge is 0.416 e. The van der Waals surface area contributed by atoms with Crippen LogP contribution in [0.5, 0.6) is 0 Å². The molecule has 1 unspecified atom stereocenters. The third kappa shape index (κ3) is 4.17. The number of piperazine rings is 1. The summed E-state index contributed by atoms with van der Waals surface area (Å²) in [5, 5.41) is 2.72. The predicted octanol–water partition coefficient (Wildman–Crippen LogP) is 2.02. The number of carbonyl (C=O) groups excluding carboxylic acids is 2. The topological polar surface area (TPSA) is 52.7 Å². The van der Waals surface area contributed by atoms with E-state index in [0.717, 1.165) is 18.9 Å². The molecule has 142 valence electrons. The number of benzene rings is 1. The van der Waals surface area contributed by atoms with Gasteiger partial charge >= 0.3 is 6.18 Å². The van der Waals surface area contributed by atoms with Crippen LogP contribution in [0.15, 0.2) is 24.3 Å². The van der Waals surface area contributed by atoms with Crippen molar-refractivity contribution in [2.24, 2.45) is 0 Å². The van der Waals surface area contributed by atoms with E-state index in [1.165, 1.54) is 12.1 Å². The van der Waals surface area contributed by atoms with Crippen LogP contribution in [0.25, 0.3) is 0 Å². The van der Waals surface area contributed by atoms with Gasteiger partial charge in [0, 0.05) is 32.7 Å². The minimum Gasteiger partial charge on any atom is -0.353 e. The van der Waals surface area contributed by atoms with E-state index in [2.05, 4.69) is 5.32 Å². The Bertz CT molecular complexity index is 672. The fourth-order valence-corrected chi connectivity index (χ4v) is 3.59. The molecule has 0 radical (unpaired) electrons. The van der Waals surface area contributed by atoms with Crippen molar-refractivity contribution in [2.45, 2.75) is 38.0 Å². The maximum absolute atomic E-state index is 13.2. The monoisotopic (exact) mass is 369 g/mol. The summed E-state index contributed by atoms with van der Waals surface area (Å²) in [6, 6.07) is 4.64. The van der Waals surface area contributed by atoms with Crippen LogP contribution in [-0.2, 0) is 22.3 Å². The van der Waals surface area contributed by atoms with Gasteiger partial charge in [-0.25, -0.2) is 0 Å². The molecule has 1 atom stereocenters. The van der Waals surface area contributed by atoms with E-state index in [9.17, 15) is 22.8 Å². The van der Waals surface area contributed by atoms with Gasteiger partial charge in [-0.05, 0) is 24.5 Å².